The first kappa shape index (κ1) is 19.9. The third-order valence-electron chi connectivity index (χ3n) is 5.53. The third kappa shape index (κ3) is 3.63. The third-order valence-corrected chi connectivity index (χ3v) is 5.53. The van der Waals surface area contributed by atoms with E-state index in [1.54, 1.807) is 19.1 Å². The van der Waals surface area contributed by atoms with Crippen LogP contribution in [0.1, 0.15) is 33.6 Å². The Labute approximate surface area is 174 Å². The zero-order valence-electron chi connectivity index (χ0n) is 17.3. The summed E-state index contributed by atoms with van der Waals surface area (Å²) in [6, 6.07) is 12.5. The summed E-state index contributed by atoms with van der Waals surface area (Å²) in [7, 11) is 0. The number of hydrogen-bond acceptors (Lipinski definition) is 4. The predicted octanol–water partition coefficient (Wildman–Crippen LogP) is 4.27. The van der Waals surface area contributed by atoms with Crippen molar-refractivity contribution in [3.63, 3.8) is 0 Å². The fourth-order valence-electron chi connectivity index (χ4n) is 3.79. The number of rotatable bonds is 6. The van der Waals surface area contributed by atoms with Crippen LogP contribution in [0.25, 0.3) is 21.9 Å². The molecule has 2 N–H and O–H groups in total. The molecule has 30 heavy (non-hydrogen) atoms. The number of nitrogens with zero attached hydrogens (tertiary/aromatic N) is 1. The lowest BCUT2D eigenvalue weighted by Crippen LogP contribution is -2.44. The summed E-state index contributed by atoms with van der Waals surface area (Å²) < 4.78 is 5.79. The molecule has 1 atom stereocenters. The van der Waals surface area contributed by atoms with E-state index in [4.69, 9.17) is 4.42 Å². The number of fused-ring (bicyclic) bond motifs is 3. The minimum absolute atomic E-state index is 0.327. The van der Waals surface area contributed by atoms with Gasteiger partial charge in [-0.15, -0.1) is 0 Å². The van der Waals surface area contributed by atoms with E-state index in [0.717, 1.165) is 33.3 Å². The Kier molecular flexibility index (Phi) is 4.97. The minimum Gasteiger partial charge on any atom is -0.456 e. The van der Waals surface area contributed by atoms with E-state index in [1.807, 2.05) is 30.3 Å². The summed E-state index contributed by atoms with van der Waals surface area (Å²) in [5, 5.41) is 7.37. The van der Waals surface area contributed by atoms with Gasteiger partial charge in [0, 0.05) is 16.5 Å². The van der Waals surface area contributed by atoms with Gasteiger partial charge in [-0.25, -0.2) is 4.79 Å². The molecule has 3 aromatic rings. The molecule has 1 saturated heterocycles. The Balaban J connectivity index is 1.47. The molecule has 4 rings (SSSR count). The number of urea groups is 1. The lowest BCUT2D eigenvalue weighted by Gasteiger charge is -2.22. The Morgan fingerprint density at radius 2 is 1.87 bits per heavy atom. The van der Waals surface area contributed by atoms with Crippen LogP contribution in [0.5, 0.6) is 0 Å². The van der Waals surface area contributed by atoms with Crippen molar-refractivity contribution < 1.29 is 18.8 Å². The van der Waals surface area contributed by atoms with Crippen molar-refractivity contribution in [2.24, 2.45) is 5.92 Å². The number of furan rings is 1. The van der Waals surface area contributed by atoms with Gasteiger partial charge in [0.2, 0.25) is 5.91 Å². The maximum absolute atomic E-state index is 12.8. The van der Waals surface area contributed by atoms with Crippen molar-refractivity contribution in [2.45, 2.75) is 39.2 Å². The number of carbonyl (C=O) groups is 3. The highest BCUT2D eigenvalue weighted by atomic mass is 16.3. The number of benzene rings is 2. The standard InChI is InChI=1S/C23H25N3O4/c1-14(2)10-11-23(3)21(28)26(22(29)25-23)13-20(27)24-15-8-9-19-17(12-15)16-6-4-5-7-18(16)30-19/h4-9,12,14H,10-11,13H2,1-3H3,(H,24,27)(H,25,29)/t23-/m1/s1. The van der Waals surface area contributed by atoms with Gasteiger partial charge in [0.05, 0.1) is 0 Å². The Morgan fingerprint density at radius 3 is 2.63 bits per heavy atom. The highest BCUT2D eigenvalue weighted by Gasteiger charge is 2.47. The molecule has 1 aliphatic rings. The van der Waals surface area contributed by atoms with Crippen LogP contribution in [0.3, 0.4) is 0 Å². The molecule has 0 spiro atoms. The lowest BCUT2D eigenvalue weighted by molar-refractivity contribution is -0.133. The molecule has 1 aromatic heterocycles. The molecule has 2 aromatic carbocycles. The van der Waals surface area contributed by atoms with Crippen molar-refractivity contribution in [3.05, 3.63) is 42.5 Å². The fourth-order valence-corrected chi connectivity index (χ4v) is 3.79. The van der Waals surface area contributed by atoms with Gasteiger partial charge in [-0.05, 0) is 49.9 Å². The monoisotopic (exact) mass is 407 g/mol. The van der Waals surface area contributed by atoms with E-state index < -0.39 is 17.5 Å². The molecule has 7 heteroatoms. The van der Waals surface area contributed by atoms with Crippen LogP contribution < -0.4 is 10.6 Å². The van der Waals surface area contributed by atoms with Crippen LogP contribution in [-0.2, 0) is 9.59 Å². The van der Waals surface area contributed by atoms with Crippen molar-refractivity contribution in [2.75, 3.05) is 11.9 Å². The molecule has 1 fully saturated rings. The molecule has 1 aliphatic heterocycles. The zero-order chi connectivity index (χ0) is 21.5. The molecule has 156 valence electrons. The Morgan fingerprint density at radius 1 is 1.13 bits per heavy atom. The normalized spacial score (nSPS) is 19.1. The average Bonchev–Trinajstić information content (AvgIpc) is 3.17. The highest BCUT2D eigenvalue weighted by molar-refractivity contribution is 6.10. The van der Waals surface area contributed by atoms with Gasteiger partial charge in [0.25, 0.3) is 5.91 Å². The Hall–Kier alpha value is -3.35. The zero-order valence-corrected chi connectivity index (χ0v) is 17.3. The maximum atomic E-state index is 12.8. The largest absolute Gasteiger partial charge is 0.456 e. The molecule has 0 unspecified atom stereocenters. The van der Waals surface area contributed by atoms with Crippen molar-refractivity contribution >= 4 is 45.5 Å². The Bertz CT molecular complexity index is 1150. The van der Waals surface area contributed by atoms with Crippen LogP contribution >= 0.6 is 0 Å². The summed E-state index contributed by atoms with van der Waals surface area (Å²) >= 11 is 0. The first-order valence-electron chi connectivity index (χ1n) is 10.1. The highest BCUT2D eigenvalue weighted by Crippen LogP contribution is 2.30. The summed E-state index contributed by atoms with van der Waals surface area (Å²) in [5.74, 6) is -0.379. The van der Waals surface area contributed by atoms with Crippen molar-refractivity contribution in [1.29, 1.82) is 0 Å². The number of para-hydroxylation sites is 1. The van der Waals surface area contributed by atoms with Crippen LogP contribution in [0.15, 0.2) is 46.9 Å². The summed E-state index contributed by atoms with van der Waals surface area (Å²) in [5.41, 5.74) is 1.12. The van der Waals surface area contributed by atoms with E-state index in [1.165, 1.54) is 0 Å². The molecular formula is C23H25N3O4. The minimum atomic E-state index is -0.962. The van der Waals surface area contributed by atoms with Gasteiger partial charge >= 0.3 is 6.03 Å². The van der Waals surface area contributed by atoms with Gasteiger partial charge in [-0.3, -0.25) is 14.5 Å². The second-order valence-electron chi connectivity index (χ2n) is 8.44. The molecule has 4 amide bonds. The predicted molar refractivity (Wildman–Crippen MR) is 115 cm³/mol. The second kappa shape index (κ2) is 7.48. The summed E-state index contributed by atoms with van der Waals surface area (Å²) in [6.45, 7) is 5.52. The molecular weight excluding hydrogens is 382 g/mol. The summed E-state index contributed by atoms with van der Waals surface area (Å²) in [6.07, 6.45) is 1.35. The SMILES string of the molecule is CC(C)CC[C@@]1(C)NC(=O)N(CC(=O)Nc2ccc3oc4ccccc4c3c2)C1=O. The number of hydrogen-bond donors (Lipinski definition) is 2. The van der Waals surface area contributed by atoms with Crippen LogP contribution in [-0.4, -0.2) is 34.8 Å². The number of nitrogens with one attached hydrogen (secondary N) is 2. The maximum Gasteiger partial charge on any atom is 0.325 e. The second-order valence-corrected chi connectivity index (χ2v) is 8.44. The quantitative estimate of drug-likeness (QED) is 0.597. The molecule has 7 nitrogen and oxygen atoms in total. The van der Waals surface area contributed by atoms with Crippen LogP contribution in [0.2, 0.25) is 0 Å². The first-order chi connectivity index (χ1) is 14.3. The molecule has 2 heterocycles. The fraction of sp³-hybridized carbons (Fsp3) is 0.348. The lowest BCUT2D eigenvalue weighted by atomic mass is 9.92. The number of carbonyl (C=O) groups excluding carboxylic acids is 3. The van der Waals surface area contributed by atoms with Gasteiger partial charge < -0.3 is 15.1 Å². The summed E-state index contributed by atoms with van der Waals surface area (Å²) in [4.78, 5) is 38.6. The van der Waals surface area contributed by atoms with E-state index in [0.29, 0.717) is 18.0 Å². The molecule has 0 saturated carbocycles. The number of anilines is 1. The van der Waals surface area contributed by atoms with Gasteiger partial charge in [0.1, 0.15) is 23.2 Å². The number of imide groups is 1. The first-order valence-corrected chi connectivity index (χ1v) is 10.1. The van der Waals surface area contributed by atoms with Crippen molar-refractivity contribution in [3.8, 4) is 0 Å². The molecule has 0 radical (unpaired) electrons. The van der Waals surface area contributed by atoms with Gasteiger partial charge in [-0.1, -0.05) is 32.0 Å². The van der Waals surface area contributed by atoms with E-state index in [-0.39, 0.29) is 12.5 Å². The van der Waals surface area contributed by atoms with E-state index in [9.17, 15) is 14.4 Å². The number of amides is 4. The topological polar surface area (TPSA) is 91.7 Å². The molecule has 0 bridgehead atoms. The van der Waals surface area contributed by atoms with Gasteiger partial charge in [0.15, 0.2) is 0 Å². The van der Waals surface area contributed by atoms with Crippen molar-refractivity contribution in [1.82, 2.24) is 10.2 Å². The average molecular weight is 407 g/mol. The van der Waals surface area contributed by atoms with Gasteiger partial charge in [-0.2, -0.15) is 0 Å². The molecule has 0 aliphatic carbocycles. The van der Waals surface area contributed by atoms with E-state index in [2.05, 4.69) is 24.5 Å². The van der Waals surface area contributed by atoms with Crippen LogP contribution in [0, 0.1) is 5.92 Å². The van der Waals surface area contributed by atoms with Crippen LogP contribution in [0.4, 0.5) is 10.5 Å². The smallest absolute Gasteiger partial charge is 0.325 e. The van der Waals surface area contributed by atoms with E-state index >= 15 is 0 Å².